The minimum atomic E-state index is 0.00393. The van der Waals surface area contributed by atoms with Crippen LogP contribution in [-0.4, -0.2) is 43.2 Å². The molecule has 5 nitrogen and oxygen atoms in total. The highest BCUT2D eigenvalue weighted by molar-refractivity contribution is 5.93. The number of nitrogens with one attached hydrogen (secondary N) is 1. The maximum Gasteiger partial charge on any atom is 0.225 e. The minimum absolute atomic E-state index is 0.00393. The lowest BCUT2D eigenvalue weighted by Crippen LogP contribution is -2.46. The van der Waals surface area contributed by atoms with Crippen LogP contribution in [0.2, 0.25) is 0 Å². The summed E-state index contributed by atoms with van der Waals surface area (Å²) in [6.45, 7) is 5.34. The number of nitrogens with two attached hydrogens (primary N) is 1. The molecular weight excluding hydrogens is 254 g/mol. The van der Waals surface area contributed by atoms with Crippen molar-refractivity contribution in [2.24, 2.45) is 0 Å². The number of nitrogen functional groups attached to an aromatic ring is 1. The van der Waals surface area contributed by atoms with Crippen LogP contribution in [0.4, 0.5) is 11.4 Å². The molecule has 1 unspecified atom stereocenters. The molecule has 1 aromatic carbocycles. The number of hydrogen-bond donors (Lipinski definition) is 2. The Morgan fingerprint density at radius 3 is 3.05 bits per heavy atom. The number of para-hydroxylation sites is 2. The van der Waals surface area contributed by atoms with Gasteiger partial charge in [0.05, 0.1) is 24.6 Å². The number of amides is 1. The molecule has 20 heavy (non-hydrogen) atoms. The number of rotatable bonds is 5. The van der Waals surface area contributed by atoms with Crippen LogP contribution >= 0.6 is 0 Å². The van der Waals surface area contributed by atoms with Gasteiger partial charge in [-0.05, 0) is 18.6 Å². The molecule has 1 aromatic rings. The highest BCUT2D eigenvalue weighted by Crippen LogP contribution is 2.17. The summed E-state index contributed by atoms with van der Waals surface area (Å²) < 4.78 is 5.46. The van der Waals surface area contributed by atoms with Crippen molar-refractivity contribution in [3.63, 3.8) is 0 Å². The maximum absolute atomic E-state index is 12.0. The third-order valence-electron chi connectivity index (χ3n) is 3.68. The standard InChI is InChI=1S/C15H23N3O2/c1-2-12-11-20-10-9-18(12)8-7-15(19)17-14-6-4-3-5-13(14)16/h3-6,12H,2,7-11,16H2,1H3,(H,17,19). The zero-order valence-electron chi connectivity index (χ0n) is 12.0. The van der Waals surface area contributed by atoms with Crippen molar-refractivity contribution in [2.75, 3.05) is 37.4 Å². The number of anilines is 2. The molecule has 1 atom stereocenters. The van der Waals surface area contributed by atoms with E-state index in [-0.39, 0.29) is 5.91 Å². The second-order valence-electron chi connectivity index (χ2n) is 5.06. The van der Waals surface area contributed by atoms with Gasteiger partial charge in [0.25, 0.3) is 0 Å². The van der Waals surface area contributed by atoms with E-state index >= 15 is 0 Å². The van der Waals surface area contributed by atoms with Crippen LogP contribution in [0.25, 0.3) is 0 Å². The molecule has 1 aliphatic rings. The fraction of sp³-hybridized carbons (Fsp3) is 0.533. The first-order valence-electron chi connectivity index (χ1n) is 7.17. The van der Waals surface area contributed by atoms with Crippen LogP contribution < -0.4 is 11.1 Å². The van der Waals surface area contributed by atoms with Gasteiger partial charge in [-0.1, -0.05) is 19.1 Å². The predicted molar refractivity (Wildman–Crippen MR) is 80.6 cm³/mol. The molecule has 3 N–H and O–H groups in total. The van der Waals surface area contributed by atoms with Gasteiger partial charge < -0.3 is 15.8 Å². The highest BCUT2D eigenvalue weighted by atomic mass is 16.5. The SMILES string of the molecule is CCC1COCCN1CCC(=O)Nc1ccccc1N. The Hall–Kier alpha value is -1.59. The average Bonchev–Trinajstić information content (AvgIpc) is 2.48. The smallest absolute Gasteiger partial charge is 0.225 e. The molecule has 0 aliphatic carbocycles. The van der Waals surface area contributed by atoms with Gasteiger partial charge in [0.15, 0.2) is 0 Å². The summed E-state index contributed by atoms with van der Waals surface area (Å²) in [6.07, 6.45) is 1.53. The lowest BCUT2D eigenvalue weighted by atomic mass is 10.1. The third kappa shape index (κ3) is 3.95. The van der Waals surface area contributed by atoms with E-state index in [1.54, 1.807) is 6.07 Å². The Bertz CT molecular complexity index is 450. The van der Waals surface area contributed by atoms with Gasteiger partial charge in [-0.25, -0.2) is 0 Å². The van der Waals surface area contributed by atoms with Crippen molar-refractivity contribution in [1.29, 1.82) is 0 Å². The summed E-state index contributed by atoms with van der Waals surface area (Å²) in [5.74, 6) is 0.00393. The summed E-state index contributed by atoms with van der Waals surface area (Å²) in [4.78, 5) is 14.3. The van der Waals surface area contributed by atoms with E-state index in [2.05, 4.69) is 17.1 Å². The van der Waals surface area contributed by atoms with Crippen molar-refractivity contribution >= 4 is 17.3 Å². The van der Waals surface area contributed by atoms with Gasteiger partial charge in [-0.2, -0.15) is 0 Å². The van der Waals surface area contributed by atoms with Gasteiger partial charge >= 0.3 is 0 Å². The lowest BCUT2D eigenvalue weighted by molar-refractivity contribution is -0.117. The van der Waals surface area contributed by atoms with Crippen LogP contribution in [0, 0.1) is 0 Å². The molecule has 5 heteroatoms. The van der Waals surface area contributed by atoms with E-state index in [0.717, 1.165) is 32.7 Å². The van der Waals surface area contributed by atoms with Crippen molar-refractivity contribution in [3.05, 3.63) is 24.3 Å². The number of nitrogens with zero attached hydrogens (tertiary/aromatic N) is 1. The second kappa shape index (κ2) is 7.26. The molecule has 1 amide bonds. The van der Waals surface area contributed by atoms with E-state index in [9.17, 15) is 4.79 Å². The largest absolute Gasteiger partial charge is 0.397 e. The Labute approximate surface area is 120 Å². The van der Waals surface area contributed by atoms with E-state index in [0.29, 0.717) is 23.8 Å². The van der Waals surface area contributed by atoms with Gasteiger partial charge in [0.2, 0.25) is 5.91 Å². The molecule has 1 fully saturated rings. The summed E-state index contributed by atoms with van der Waals surface area (Å²) in [7, 11) is 0. The number of carbonyl (C=O) groups is 1. The van der Waals surface area contributed by atoms with Crippen LogP contribution in [0.1, 0.15) is 19.8 Å². The van der Waals surface area contributed by atoms with Gasteiger partial charge in [-0.3, -0.25) is 9.69 Å². The third-order valence-corrected chi connectivity index (χ3v) is 3.68. The molecule has 0 spiro atoms. The summed E-state index contributed by atoms with van der Waals surface area (Å²) in [5.41, 5.74) is 7.09. The van der Waals surface area contributed by atoms with Crippen molar-refractivity contribution in [2.45, 2.75) is 25.8 Å². The molecule has 110 valence electrons. The predicted octanol–water partition coefficient (Wildman–Crippen LogP) is 1.71. The Morgan fingerprint density at radius 1 is 1.50 bits per heavy atom. The summed E-state index contributed by atoms with van der Waals surface area (Å²) in [6, 6.07) is 7.74. The van der Waals surface area contributed by atoms with Crippen LogP contribution in [-0.2, 0) is 9.53 Å². The quantitative estimate of drug-likeness (QED) is 0.804. The van der Waals surface area contributed by atoms with Crippen LogP contribution in [0.5, 0.6) is 0 Å². The zero-order valence-corrected chi connectivity index (χ0v) is 12.0. The molecule has 1 saturated heterocycles. The van der Waals surface area contributed by atoms with Crippen molar-refractivity contribution < 1.29 is 9.53 Å². The normalized spacial score (nSPS) is 19.8. The topological polar surface area (TPSA) is 67.6 Å². The van der Waals surface area contributed by atoms with Crippen LogP contribution in [0.3, 0.4) is 0 Å². The number of ether oxygens (including phenoxy) is 1. The van der Waals surface area contributed by atoms with Gasteiger partial charge in [-0.15, -0.1) is 0 Å². The number of carbonyl (C=O) groups excluding carboxylic acids is 1. The first-order chi connectivity index (χ1) is 9.70. The van der Waals surface area contributed by atoms with Crippen molar-refractivity contribution in [1.82, 2.24) is 4.90 Å². The fourth-order valence-corrected chi connectivity index (χ4v) is 2.43. The molecular formula is C15H23N3O2. The molecule has 0 bridgehead atoms. The van der Waals surface area contributed by atoms with E-state index in [1.165, 1.54) is 0 Å². The molecule has 0 saturated carbocycles. The Morgan fingerprint density at radius 2 is 2.30 bits per heavy atom. The van der Waals surface area contributed by atoms with Gasteiger partial charge in [0, 0.05) is 25.6 Å². The summed E-state index contributed by atoms with van der Waals surface area (Å²) in [5, 5.41) is 2.86. The molecule has 0 radical (unpaired) electrons. The fourth-order valence-electron chi connectivity index (χ4n) is 2.43. The number of benzene rings is 1. The van der Waals surface area contributed by atoms with Crippen LogP contribution in [0.15, 0.2) is 24.3 Å². The Balaban J connectivity index is 1.81. The first kappa shape index (κ1) is 14.8. The molecule has 1 heterocycles. The second-order valence-corrected chi connectivity index (χ2v) is 5.06. The lowest BCUT2D eigenvalue weighted by Gasteiger charge is -2.34. The van der Waals surface area contributed by atoms with Crippen molar-refractivity contribution in [3.8, 4) is 0 Å². The molecule has 1 aliphatic heterocycles. The molecule has 0 aromatic heterocycles. The van der Waals surface area contributed by atoms with E-state index in [1.807, 2.05) is 18.2 Å². The monoisotopic (exact) mass is 277 g/mol. The average molecular weight is 277 g/mol. The number of hydrogen-bond acceptors (Lipinski definition) is 4. The zero-order chi connectivity index (χ0) is 14.4. The minimum Gasteiger partial charge on any atom is -0.397 e. The molecule has 2 rings (SSSR count). The Kier molecular flexibility index (Phi) is 5.38. The van der Waals surface area contributed by atoms with E-state index in [4.69, 9.17) is 10.5 Å². The summed E-state index contributed by atoms with van der Waals surface area (Å²) >= 11 is 0. The highest BCUT2D eigenvalue weighted by Gasteiger charge is 2.21. The van der Waals surface area contributed by atoms with Gasteiger partial charge in [0.1, 0.15) is 0 Å². The maximum atomic E-state index is 12.0. The first-order valence-corrected chi connectivity index (χ1v) is 7.17. The number of morpholine rings is 1. The van der Waals surface area contributed by atoms with E-state index < -0.39 is 0 Å².